The highest BCUT2D eigenvalue weighted by Crippen LogP contribution is 2.45. The molecule has 1 heterocycles. The van der Waals surface area contributed by atoms with Crippen molar-refractivity contribution in [3.8, 4) is 29.1 Å². The number of nitriles is 1. The first-order valence-corrected chi connectivity index (χ1v) is 10.3. The molecule has 0 radical (unpaired) electrons. The highest BCUT2D eigenvalue weighted by molar-refractivity contribution is 6.30. The second-order valence-electron chi connectivity index (χ2n) is 7.09. The Balaban J connectivity index is 1.57. The Morgan fingerprint density at radius 2 is 1.91 bits per heavy atom. The summed E-state index contributed by atoms with van der Waals surface area (Å²) in [5, 5.41) is 10.2. The van der Waals surface area contributed by atoms with E-state index in [0.717, 1.165) is 5.56 Å². The predicted molar refractivity (Wildman–Crippen MR) is 121 cm³/mol. The Hall–Kier alpha value is -4.15. The van der Waals surface area contributed by atoms with E-state index >= 15 is 0 Å². The number of carbonyl (C=O) groups excluding carboxylic acids is 1. The van der Waals surface area contributed by atoms with Gasteiger partial charge >= 0.3 is 5.97 Å². The lowest BCUT2D eigenvalue weighted by Crippen LogP contribution is -2.22. The molecule has 33 heavy (non-hydrogen) atoms. The van der Waals surface area contributed by atoms with Gasteiger partial charge in [-0.3, -0.25) is 0 Å². The summed E-state index contributed by atoms with van der Waals surface area (Å²) >= 11 is 5.91. The summed E-state index contributed by atoms with van der Waals surface area (Å²) in [6, 6.07) is 21.1. The van der Waals surface area contributed by atoms with E-state index in [1.165, 1.54) is 0 Å². The summed E-state index contributed by atoms with van der Waals surface area (Å²) in [5.41, 5.74) is 7.79. The van der Waals surface area contributed by atoms with Crippen molar-refractivity contribution in [1.29, 1.82) is 5.26 Å². The maximum absolute atomic E-state index is 12.3. The van der Waals surface area contributed by atoms with Gasteiger partial charge in [0, 0.05) is 22.2 Å². The molecule has 4 rings (SSSR count). The third-order valence-electron chi connectivity index (χ3n) is 5.02. The van der Waals surface area contributed by atoms with Gasteiger partial charge in [-0.1, -0.05) is 41.9 Å². The molecule has 3 aromatic rings. The normalized spacial score (nSPS) is 14.5. The Morgan fingerprint density at radius 1 is 1.09 bits per heavy atom. The van der Waals surface area contributed by atoms with Gasteiger partial charge in [0.25, 0.3) is 0 Å². The lowest BCUT2D eigenvalue weighted by Gasteiger charge is -2.27. The number of fused-ring (bicyclic) bond motifs is 1. The number of methoxy groups -OCH3 is 1. The van der Waals surface area contributed by atoms with Gasteiger partial charge in [0.15, 0.2) is 6.61 Å². The van der Waals surface area contributed by atoms with Gasteiger partial charge in [0.2, 0.25) is 5.88 Å². The van der Waals surface area contributed by atoms with Crippen LogP contribution in [0.4, 0.5) is 0 Å². The van der Waals surface area contributed by atoms with Crippen LogP contribution in [0.2, 0.25) is 5.02 Å². The maximum Gasteiger partial charge on any atom is 0.349 e. The zero-order valence-electron chi connectivity index (χ0n) is 17.6. The summed E-state index contributed by atoms with van der Waals surface area (Å²) in [5.74, 6) is 0.580. The topological polar surface area (TPSA) is 104 Å². The number of nitrogens with two attached hydrogens (primary N) is 1. The van der Waals surface area contributed by atoms with Crippen LogP contribution in [0.15, 0.2) is 78.2 Å². The number of hydrogen-bond acceptors (Lipinski definition) is 7. The standard InChI is InChI=1S/C25H19ClN2O5/c1-30-21-8-3-2-7-18(21)24-19-10-9-17(12-22(19)33-25(28)20(24)13-27)32-23(29)14-31-16-6-4-5-15(26)11-16/h2-12,24H,14,28H2,1H3. The summed E-state index contributed by atoms with van der Waals surface area (Å²) in [6.45, 7) is -0.303. The number of para-hydroxylation sites is 1. The van der Waals surface area contributed by atoms with E-state index in [1.807, 2.05) is 24.3 Å². The minimum absolute atomic E-state index is 0.0197. The smallest absolute Gasteiger partial charge is 0.349 e. The summed E-state index contributed by atoms with van der Waals surface area (Å²) < 4.78 is 22.0. The van der Waals surface area contributed by atoms with Crippen molar-refractivity contribution in [3.05, 3.63) is 94.3 Å². The molecule has 0 fully saturated rings. The molecule has 7 nitrogen and oxygen atoms in total. The average molecular weight is 463 g/mol. The molecule has 0 amide bonds. The molecule has 0 aromatic heterocycles. The zero-order valence-corrected chi connectivity index (χ0v) is 18.3. The van der Waals surface area contributed by atoms with Crippen molar-refractivity contribution < 1.29 is 23.7 Å². The SMILES string of the molecule is COc1ccccc1C1C(C#N)=C(N)Oc2cc(OC(=O)COc3cccc(Cl)c3)ccc21. The fraction of sp³-hybridized carbons (Fsp3) is 0.120. The van der Waals surface area contributed by atoms with Gasteiger partial charge < -0.3 is 24.7 Å². The molecule has 1 atom stereocenters. The number of hydrogen-bond donors (Lipinski definition) is 1. The number of allylic oxidation sites excluding steroid dienone is 1. The quantitative estimate of drug-likeness (QED) is 0.423. The van der Waals surface area contributed by atoms with Crippen LogP contribution >= 0.6 is 11.6 Å². The molecule has 166 valence electrons. The molecule has 1 aliphatic rings. The first-order valence-electron chi connectivity index (χ1n) is 9.93. The van der Waals surface area contributed by atoms with Crippen LogP contribution < -0.4 is 24.7 Å². The molecular formula is C25H19ClN2O5. The van der Waals surface area contributed by atoms with E-state index in [4.69, 9.17) is 36.3 Å². The fourth-order valence-electron chi connectivity index (χ4n) is 3.58. The zero-order chi connectivity index (χ0) is 23.4. The van der Waals surface area contributed by atoms with Crippen molar-refractivity contribution in [2.75, 3.05) is 13.7 Å². The number of carbonyl (C=O) groups is 1. The van der Waals surface area contributed by atoms with Gasteiger partial charge in [-0.05, 0) is 30.3 Å². The van der Waals surface area contributed by atoms with E-state index in [2.05, 4.69) is 6.07 Å². The Kier molecular flexibility index (Phi) is 6.38. The highest BCUT2D eigenvalue weighted by atomic mass is 35.5. The van der Waals surface area contributed by atoms with Crippen molar-refractivity contribution in [1.82, 2.24) is 0 Å². The fourth-order valence-corrected chi connectivity index (χ4v) is 3.76. The van der Waals surface area contributed by atoms with Gasteiger partial charge in [-0.15, -0.1) is 0 Å². The first-order chi connectivity index (χ1) is 16.0. The lowest BCUT2D eigenvalue weighted by molar-refractivity contribution is -0.136. The van der Waals surface area contributed by atoms with Crippen LogP contribution in [0.3, 0.4) is 0 Å². The number of esters is 1. The maximum atomic E-state index is 12.3. The predicted octanol–water partition coefficient (Wildman–Crippen LogP) is 4.55. The number of halogens is 1. The van der Waals surface area contributed by atoms with Crippen LogP contribution in [0, 0.1) is 11.3 Å². The monoisotopic (exact) mass is 462 g/mol. The molecule has 0 spiro atoms. The number of benzene rings is 3. The average Bonchev–Trinajstić information content (AvgIpc) is 2.82. The third kappa shape index (κ3) is 4.71. The van der Waals surface area contributed by atoms with Crippen LogP contribution in [-0.2, 0) is 4.79 Å². The summed E-state index contributed by atoms with van der Waals surface area (Å²) in [7, 11) is 1.56. The lowest BCUT2D eigenvalue weighted by atomic mass is 9.83. The van der Waals surface area contributed by atoms with Gasteiger partial charge in [-0.2, -0.15) is 5.26 Å². The van der Waals surface area contributed by atoms with Gasteiger partial charge in [0.1, 0.15) is 34.6 Å². The van der Waals surface area contributed by atoms with Crippen molar-refractivity contribution in [2.45, 2.75) is 5.92 Å². The van der Waals surface area contributed by atoms with Gasteiger partial charge in [-0.25, -0.2) is 4.79 Å². The van der Waals surface area contributed by atoms with Gasteiger partial charge in [0.05, 0.1) is 13.0 Å². The van der Waals surface area contributed by atoms with Crippen molar-refractivity contribution in [2.24, 2.45) is 5.73 Å². The van der Waals surface area contributed by atoms with Crippen LogP contribution in [0.5, 0.6) is 23.0 Å². The molecule has 1 unspecified atom stereocenters. The molecule has 1 aliphatic heterocycles. The van der Waals surface area contributed by atoms with E-state index in [1.54, 1.807) is 49.6 Å². The van der Waals surface area contributed by atoms with Crippen molar-refractivity contribution in [3.63, 3.8) is 0 Å². The largest absolute Gasteiger partial charge is 0.496 e. The molecular weight excluding hydrogens is 444 g/mol. The molecule has 0 bridgehead atoms. The Bertz CT molecular complexity index is 1280. The van der Waals surface area contributed by atoms with E-state index < -0.39 is 11.9 Å². The number of nitrogens with zero attached hydrogens (tertiary/aromatic N) is 1. The van der Waals surface area contributed by atoms with Crippen LogP contribution in [0.1, 0.15) is 17.0 Å². The Labute approximate surface area is 195 Å². The molecule has 0 aliphatic carbocycles. The molecule has 0 saturated carbocycles. The van der Waals surface area contributed by atoms with Crippen LogP contribution in [-0.4, -0.2) is 19.7 Å². The second-order valence-corrected chi connectivity index (χ2v) is 7.52. The van der Waals surface area contributed by atoms with Crippen molar-refractivity contribution >= 4 is 17.6 Å². The van der Waals surface area contributed by atoms with E-state index in [9.17, 15) is 10.1 Å². The number of rotatable bonds is 6. The second kappa shape index (κ2) is 9.55. The van der Waals surface area contributed by atoms with E-state index in [0.29, 0.717) is 27.8 Å². The number of ether oxygens (including phenoxy) is 4. The van der Waals surface area contributed by atoms with E-state index in [-0.39, 0.29) is 23.8 Å². The van der Waals surface area contributed by atoms with Crippen LogP contribution in [0.25, 0.3) is 0 Å². The Morgan fingerprint density at radius 3 is 2.67 bits per heavy atom. The molecule has 8 heteroatoms. The minimum atomic E-state index is -0.603. The molecule has 0 saturated heterocycles. The summed E-state index contributed by atoms with van der Waals surface area (Å²) in [6.07, 6.45) is 0. The summed E-state index contributed by atoms with van der Waals surface area (Å²) in [4.78, 5) is 12.3. The first kappa shape index (κ1) is 22.1. The minimum Gasteiger partial charge on any atom is -0.496 e. The molecule has 3 aromatic carbocycles. The highest BCUT2D eigenvalue weighted by Gasteiger charge is 2.32. The third-order valence-corrected chi connectivity index (χ3v) is 5.26. The molecule has 2 N–H and O–H groups in total.